The number of benzene rings is 1. The summed E-state index contributed by atoms with van der Waals surface area (Å²) in [6, 6.07) is 4.63. The molecule has 140 valence electrons. The number of aryl methyl sites for hydroxylation is 1. The average molecular weight is 364 g/mol. The summed E-state index contributed by atoms with van der Waals surface area (Å²) in [5.41, 5.74) is 0.935. The molecule has 2 saturated heterocycles. The molecule has 0 bridgehead atoms. The maximum atomic E-state index is 14.2. The van der Waals surface area contributed by atoms with Crippen LogP contribution in [0.3, 0.4) is 0 Å². The summed E-state index contributed by atoms with van der Waals surface area (Å²) >= 11 is 0. The van der Waals surface area contributed by atoms with E-state index in [1.54, 1.807) is 24.0 Å². The number of hydrogen-bond donors (Lipinski definition) is 1. The average Bonchev–Trinajstić information content (AvgIpc) is 2.95. The van der Waals surface area contributed by atoms with Crippen LogP contribution in [-0.4, -0.2) is 60.1 Å². The SMILES string of the molecule is Cc1ccc(N2C[C@H](C(=O)N3CCO[C@@H](CC(=O)O)C3)CC2=O)c(F)c1. The van der Waals surface area contributed by atoms with Gasteiger partial charge in [-0.1, -0.05) is 6.07 Å². The molecule has 0 saturated carbocycles. The number of hydrogen-bond acceptors (Lipinski definition) is 4. The molecule has 2 atom stereocenters. The fourth-order valence-electron chi connectivity index (χ4n) is 3.43. The third kappa shape index (κ3) is 3.85. The van der Waals surface area contributed by atoms with Crippen molar-refractivity contribution in [2.24, 2.45) is 5.92 Å². The van der Waals surface area contributed by atoms with Crippen LogP contribution >= 0.6 is 0 Å². The number of carboxylic acids is 1. The Balaban J connectivity index is 1.68. The zero-order chi connectivity index (χ0) is 18.8. The second-order valence-corrected chi connectivity index (χ2v) is 6.74. The van der Waals surface area contributed by atoms with E-state index in [2.05, 4.69) is 0 Å². The van der Waals surface area contributed by atoms with Crippen molar-refractivity contribution in [3.8, 4) is 0 Å². The van der Waals surface area contributed by atoms with Crippen LogP contribution in [0.5, 0.6) is 0 Å². The topological polar surface area (TPSA) is 87.2 Å². The summed E-state index contributed by atoms with van der Waals surface area (Å²) in [4.78, 5) is 38.7. The predicted molar refractivity (Wildman–Crippen MR) is 90.2 cm³/mol. The van der Waals surface area contributed by atoms with E-state index in [9.17, 15) is 18.8 Å². The lowest BCUT2D eigenvalue weighted by atomic mass is 10.1. The highest BCUT2D eigenvalue weighted by Crippen LogP contribution is 2.29. The minimum atomic E-state index is -0.985. The summed E-state index contributed by atoms with van der Waals surface area (Å²) < 4.78 is 19.5. The number of carbonyl (C=O) groups excluding carboxylic acids is 2. The van der Waals surface area contributed by atoms with E-state index in [1.165, 1.54) is 11.0 Å². The third-order valence-electron chi connectivity index (χ3n) is 4.72. The van der Waals surface area contributed by atoms with Crippen molar-refractivity contribution in [2.75, 3.05) is 31.1 Å². The first-order chi connectivity index (χ1) is 12.3. The Morgan fingerprint density at radius 1 is 1.35 bits per heavy atom. The molecule has 2 amide bonds. The molecular weight excluding hydrogens is 343 g/mol. The molecule has 7 nitrogen and oxygen atoms in total. The van der Waals surface area contributed by atoms with E-state index in [1.807, 2.05) is 0 Å². The lowest BCUT2D eigenvalue weighted by Gasteiger charge is -2.33. The highest BCUT2D eigenvalue weighted by molar-refractivity contribution is 6.00. The molecule has 0 spiro atoms. The van der Waals surface area contributed by atoms with Crippen molar-refractivity contribution < 1.29 is 28.6 Å². The van der Waals surface area contributed by atoms with Gasteiger partial charge in [0.15, 0.2) is 0 Å². The van der Waals surface area contributed by atoms with Gasteiger partial charge in [-0.2, -0.15) is 0 Å². The molecule has 0 unspecified atom stereocenters. The fraction of sp³-hybridized carbons (Fsp3) is 0.500. The molecule has 2 heterocycles. The van der Waals surface area contributed by atoms with Gasteiger partial charge in [-0.3, -0.25) is 14.4 Å². The second kappa shape index (κ2) is 7.41. The van der Waals surface area contributed by atoms with E-state index in [0.717, 1.165) is 5.56 Å². The van der Waals surface area contributed by atoms with E-state index in [-0.39, 0.29) is 50.0 Å². The van der Waals surface area contributed by atoms with Crippen LogP contribution in [-0.2, 0) is 19.1 Å². The van der Waals surface area contributed by atoms with Crippen molar-refractivity contribution in [1.29, 1.82) is 0 Å². The molecule has 8 heteroatoms. The standard InChI is InChI=1S/C18H21FN2O5/c1-11-2-3-15(14(19)6-11)21-9-12(7-16(21)22)18(25)20-4-5-26-13(10-20)8-17(23)24/h2-3,6,12-13H,4-5,7-10H2,1H3,(H,23,24)/t12-,13+/m1/s1. The van der Waals surface area contributed by atoms with Crippen molar-refractivity contribution >= 4 is 23.5 Å². The zero-order valence-electron chi connectivity index (χ0n) is 14.5. The molecular formula is C18H21FN2O5. The van der Waals surface area contributed by atoms with Crippen LogP contribution < -0.4 is 4.90 Å². The molecule has 2 aliphatic rings. The summed E-state index contributed by atoms with van der Waals surface area (Å²) in [6.45, 7) is 2.70. The van der Waals surface area contributed by atoms with Gasteiger partial charge in [-0.25, -0.2) is 4.39 Å². The van der Waals surface area contributed by atoms with Gasteiger partial charge < -0.3 is 19.6 Å². The molecule has 2 fully saturated rings. The highest BCUT2D eigenvalue weighted by atomic mass is 19.1. The third-order valence-corrected chi connectivity index (χ3v) is 4.72. The molecule has 0 radical (unpaired) electrons. The molecule has 1 aromatic carbocycles. The van der Waals surface area contributed by atoms with Gasteiger partial charge in [0.05, 0.1) is 30.7 Å². The molecule has 0 aliphatic carbocycles. The van der Waals surface area contributed by atoms with E-state index >= 15 is 0 Å². The van der Waals surface area contributed by atoms with Crippen LogP contribution in [0.2, 0.25) is 0 Å². The van der Waals surface area contributed by atoms with Crippen molar-refractivity contribution in [1.82, 2.24) is 4.90 Å². The lowest BCUT2D eigenvalue weighted by Crippen LogP contribution is -2.48. The Morgan fingerprint density at radius 3 is 2.81 bits per heavy atom. The monoisotopic (exact) mass is 364 g/mol. The van der Waals surface area contributed by atoms with Crippen molar-refractivity contribution in [3.05, 3.63) is 29.6 Å². The van der Waals surface area contributed by atoms with Crippen LogP contribution in [0.1, 0.15) is 18.4 Å². The van der Waals surface area contributed by atoms with Gasteiger partial charge in [0.1, 0.15) is 5.82 Å². The van der Waals surface area contributed by atoms with Crippen LogP contribution in [0.15, 0.2) is 18.2 Å². The highest BCUT2D eigenvalue weighted by Gasteiger charge is 2.39. The molecule has 0 aromatic heterocycles. The van der Waals surface area contributed by atoms with Gasteiger partial charge in [0, 0.05) is 26.1 Å². The number of morpholine rings is 1. The van der Waals surface area contributed by atoms with Crippen molar-refractivity contribution in [3.63, 3.8) is 0 Å². The summed E-state index contributed by atoms with van der Waals surface area (Å²) in [6.07, 6.45) is -0.700. The summed E-state index contributed by atoms with van der Waals surface area (Å²) in [5, 5.41) is 8.87. The maximum absolute atomic E-state index is 14.2. The normalized spacial score (nSPS) is 23.4. The van der Waals surface area contributed by atoms with Gasteiger partial charge in [0.25, 0.3) is 0 Å². The van der Waals surface area contributed by atoms with Crippen LogP contribution in [0.25, 0.3) is 0 Å². The Morgan fingerprint density at radius 2 is 2.12 bits per heavy atom. The Labute approximate surface area is 150 Å². The van der Waals surface area contributed by atoms with Crippen LogP contribution in [0.4, 0.5) is 10.1 Å². The number of halogens is 1. The zero-order valence-corrected chi connectivity index (χ0v) is 14.5. The first-order valence-corrected chi connectivity index (χ1v) is 8.54. The molecule has 1 N–H and O–H groups in total. The fourth-order valence-corrected chi connectivity index (χ4v) is 3.43. The largest absolute Gasteiger partial charge is 0.481 e. The molecule has 3 rings (SSSR count). The number of amides is 2. The Hall–Kier alpha value is -2.48. The second-order valence-electron chi connectivity index (χ2n) is 6.74. The van der Waals surface area contributed by atoms with E-state index in [4.69, 9.17) is 9.84 Å². The number of ether oxygens (including phenoxy) is 1. The number of aliphatic carboxylic acids is 1. The number of anilines is 1. The van der Waals surface area contributed by atoms with Gasteiger partial charge >= 0.3 is 5.97 Å². The maximum Gasteiger partial charge on any atom is 0.306 e. The Bertz CT molecular complexity index is 738. The first kappa shape index (κ1) is 18.3. The summed E-state index contributed by atoms with van der Waals surface area (Å²) in [7, 11) is 0. The minimum absolute atomic E-state index is 0.0209. The smallest absolute Gasteiger partial charge is 0.306 e. The first-order valence-electron chi connectivity index (χ1n) is 8.54. The Kier molecular flexibility index (Phi) is 5.22. The van der Waals surface area contributed by atoms with Crippen molar-refractivity contribution in [2.45, 2.75) is 25.9 Å². The van der Waals surface area contributed by atoms with Gasteiger partial charge in [0.2, 0.25) is 11.8 Å². The number of nitrogens with zero attached hydrogens (tertiary/aromatic N) is 2. The summed E-state index contributed by atoms with van der Waals surface area (Å²) in [5.74, 6) is -2.54. The van der Waals surface area contributed by atoms with E-state index in [0.29, 0.717) is 6.54 Å². The van der Waals surface area contributed by atoms with Gasteiger partial charge in [-0.05, 0) is 24.6 Å². The number of rotatable bonds is 4. The predicted octanol–water partition coefficient (Wildman–Crippen LogP) is 1.19. The van der Waals surface area contributed by atoms with E-state index < -0.39 is 23.8 Å². The molecule has 2 aliphatic heterocycles. The molecule has 26 heavy (non-hydrogen) atoms. The van der Waals surface area contributed by atoms with Gasteiger partial charge in [-0.15, -0.1) is 0 Å². The molecule has 1 aromatic rings. The lowest BCUT2D eigenvalue weighted by molar-refractivity contribution is -0.149. The van der Waals surface area contributed by atoms with Crippen LogP contribution in [0, 0.1) is 18.7 Å². The quantitative estimate of drug-likeness (QED) is 0.867. The number of carbonyl (C=O) groups is 3. The minimum Gasteiger partial charge on any atom is -0.481 e. The number of carboxylic acid groups (broad SMARTS) is 1.